The highest BCUT2D eigenvalue weighted by Gasteiger charge is 2.22. The second kappa shape index (κ2) is 8.05. The van der Waals surface area contributed by atoms with Crippen LogP contribution < -0.4 is 19.5 Å². The number of carbonyl (C=O) groups excluding carboxylic acids is 1. The van der Waals surface area contributed by atoms with Gasteiger partial charge in [-0.2, -0.15) is 0 Å². The van der Waals surface area contributed by atoms with Crippen molar-refractivity contribution >= 4 is 11.5 Å². The first-order valence-corrected chi connectivity index (χ1v) is 9.17. The van der Waals surface area contributed by atoms with Crippen molar-refractivity contribution in [2.45, 2.75) is 6.61 Å². The average Bonchev–Trinajstić information content (AvgIpc) is 2.77. The highest BCUT2D eigenvalue weighted by molar-refractivity contribution is 6.11. The van der Waals surface area contributed by atoms with Crippen molar-refractivity contribution in [1.29, 1.82) is 0 Å². The Morgan fingerprint density at radius 1 is 0.964 bits per heavy atom. The first-order valence-electron chi connectivity index (χ1n) is 9.17. The fourth-order valence-corrected chi connectivity index (χ4v) is 3.05. The van der Waals surface area contributed by atoms with E-state index in [1.54, 1.807) is 24.3 Å². The van der Waals surface area contributed by atoms with Gasteiger partial charge in [-0.1, -0.05) is 30.3 Å². The minimum absolute atomic E-state index is 0.123. The van der Waals surface area contributed by atoms with Crippen molar-refractivity contribution in [3.05, 3.63) is 83.4 Å². The third-order valence-corrected chi connectivity index (χ3v) is 4.56. The molecule has 0 saturated heterocycles. The number of ketones is 1. The van der Waals surface area contributed by atoms with E-state index in [-0.39, 0.29) is 5.78 Å². The van der Waals surface area contributed by atoms with Crippen molar-refractivity contribution in [1.82, 2.24) is 0 Å². The van der Waals surface area contributed by atoms with Gasteiger partial charge in [0.15, 0.2) is 17.3 Å². The number of benzene rings is 3. The molecule has 0 bridgehead atoms. The summed E-state index contributed by atoms with van der Waals surface area (Å²) in [6, 6.07) is 20.6. The predicted molar refractivity (Wildman–Crippen MR) is 108 cm³/mol. The molecule has 3 aromatic rings. The minimum Gasteiger partial charge on any atom is -0.488 e. The smallest absolute Gasteiger partial charge is 0.196 e. The molecular weight excluding hydrogens is 354 g/mol. The number of anilines is 1. The number of hydrogen-bond acceptors (Lipinski definition) is 5. The molecule has 0 aromatic heterocycles. The van der Waals surface area contributed by atoms with Crippen molar-refractivity contribution in [2.24, 2.45) is 0 Å². The molecule has 1 aliphatic heterocycles. The van der Waals surface area contributed by atoms with Gasteiger partial charge in [-0.3, -0.25) is 4.79 Å². The van der Waals surface area contributed by atoms with E-state index in [0.717, 1.165) is 11.3 Å². The van der Waals surface area contributed by atoms with E-state index in [9.17, 15) is 4.79 Å². The number of carbonyl (C=O) groups is 1. The van der Waals surface area contributed by atoms with Gasteiger partial charge >= 0.3 is 0 Å². The van der Waals surface area contributed by atoms with Gasteiger partial charge in [0.05, 0.1) is 5.56 Å². The molecule has 142 valence electrons. The van der Waals surface area contributed by atoms with E-state index in [1.807, 2.05) is 49.5 Å². The molecule has 0 radical (unpaired) electrons. The van der Waals surface area contributed by atoms with Gasteiger partial charge in [0, 0.05) is 24.4 Å². The molecular formula is C23H21NO4. The molecule has 5 heteroatoms. The van der Waals surface area contributed by atoms with Crippen LogP contribution >= 0.6 is 0 Å². The number of hydrogen-bond donors (Lipinski definition) is 1. The first kappa shape index (κ1) is 17.9. The van der Waals surface area contributed by atoms with Crippen molar-refractivity contribution in [3.8, 4) is 17.2 Å². The summed E-state index contributed by atoms with van der Waals surface area (Å²) in [4.78, 5) is 13.2. The predicted octanol–water partition coefficient (Wildman–Crippen LogP) is 4.31. The molecule has 28 heavy (non-hydrogen) atoms. The van der Waals surface area contributed by atoms with Crippen LogP contribution in [0.15, 0.2) is 66.7 Å². The van der Waals surface area contributed by atoms with Gasteiger partial charge in [0.2, 0.25) is 0 Å². The molecule has 0 fully saturated rings. The Bertz CT molecular complexity index is 968. The van der Waals surface area contributed by atoms with Crippen molar-refractivity contribution < 1.29 is 19.0 Å². The topological polar surface area (TPSA) is 56.8 Å². The zero-order valence-corrected chi connectivity index (χ0v) is 15.6. The number of fused-ring (bicyclic) bond motifs is 1. The summed E-state index contributed by atoms with van der Waals surface area (Å²) in [5.74, 6) is 1.52. The monoisotopic (exact) mass is 375 g/mol. The summed E-state index contributed by atoms with van der Waals surface area (Å²) in [6.07, 6.45) is 0. The van der Waals surface area contributed by atoms with Gasteiger partial charge in [-0.15, -0.1) is 0 Å². The third kappa shape index (κ3) is 3.78. The first-order chi connectivity index (χ1) is 13.7. The largest absolute Gasteiger partial charge is 0.488 e. The second-order valence-electron chi connectivity index (χ2n) is 6.42. The lowest BCUT2D eigenvalue weighted by molar-refractivity contribution is 0.103. The minimum atomic E-state index is -0.123. The third-order valence-electron chi connectivity index (χ3n) is 4.56. The lowest BCUT2D eigenvalue weighted by atomic mass is 10.0. The fourth-order valence-electron chi connectivity index (χ4n) is 3.05. The Hall–Kier alpha value is -3.47. The van der Waals surface area contributed by atoms with Crippen LogP contribution in [-0.2, 0) is 6.61 Å². The highest BCUT2D eigenvalue weighted by Crippen LogP contribution is 2.38. The molecule has 0 saturated carbocycles. The van der Waals surface area contributed by atoms with E-state index in [0.29, 0.717) is 48.2 Å². The Balaban J connectivity index is 1.67. The van der Waals surface area contributed by atoms with E-state index in [1.165, 1.54) is 0 Å². The van der Waals surface area contributed by atoms with Crippen LogP contribution in [0.25, 0.3) is 0 Å². The van der Waals surface area contributed by atoms with Crippen LogP contribution in [0.2, 0.25) is 0 Å². The van der Waals surface area contributed by atoms with Gasteiger partial charge < -0.3 is 19.5 Å². The van der Waals surface area contributed by atoms with E-state index in [4.69, 9.17) is 14.2 Å². The van der Waals surface area contributed by atoms with Gasteiger partial charge in [-0.05, 0) is 35.9 Å². The zero-order valence-electron chi connectivity index (χ0n) is 15.6. The summed E-state index contributed by atoms with van der Waals surface area (Å²) in [6.45, 7) is 1.30. The number of nitrogens with one attached hydrogen (secondary N) is 1. The van der Waals surface area contributed by atoms with Gasteiger partial charge in [0.1, 0.15) is 25.6 Å². The van der Waals surface area contributed by atoms with Crippen molar-refractivity contribution in [2.75, 3.05) is 25.6 Å². The van der Waals surface area contributed by atoms with Crippen LogP contribution in [0.4, 0.5) is 5.69 Å². The zero-order chi connectivity index (χ0) is 19.3. The summed E-state index contributed by atoms with van der Waals surface area (Å²) in [5.41, 5.74) is 3.01. The molecule has 0 aliphatic carbocycles. The normalized spacial score (nSPS) is 12.3. The molecule has 0 unspecified atom stereocenters. The molecule has 5 nitrogen and oxygen atoms in total. The number of rotatable bonds is 6. The average molecular weight is 375 g/mol. The lowest BCUT2D eigenvalue weighted by Crippen LogP contribution is -2.16. The Morgan fingerprint density at radius 3 is 2.32 bits per heavy atom. The Morgan fingerprint density at radius 2 is 1.64 bits per heavy atom. The maximum absolute atomic E-state index is 13.2. The molecule has 0 spiro atoms. The summed E-state index contributed by atoms with van der Waals surface area (Å²) in [7, 11) is 1.84. The maximum atomic E-state index is 13.2. The standard InChI is InChI=1S/C23H21NO4/c1-24-18-9-7-17(8-10-18)23(25)19-13-21-22(27-12-11-26-21)14-20(19)28-15-16-5-3-2-4-6-16/h2-10,13-14,24H,11-12,15H2,1H3. The molecule has 0 atom stereocenters. The van der Waals surface area contributed by atoms with Crippen molar-refractivity contribution in [3.63, 3.8) is 0 Å². The molecule has 0 amide bonds. The van der Waals surface area contributed by atoms with Crippen LogP contribution in [0, 0.1) is 0 Å². The van der Waals surface area contributed by atoms with E-state index >= 15 is 0 Å². The number of ether oxygens (including phenoxy) is 3. The summed E-state index contributed by atoms with van der Waals surface area (Å²) >= 11 is 0. The lowest BCUT2D eigenvalue weighted by Gasteiger charge is -2.21. The van der Waals surface area contributed by atoms with Crippen LogP contribution in [0.1, 0.15) is 21.5 Å². The van der Waals surface area contributed by atoms with E-state index < -0.39 is 0 Å². The van der Waals surface area contributed by atoms with Gasteiger partial charge in [-0.25, -0.2) is 0 Å². The highest BCUT2D eigenvalue weighted by atomic mass is 16.6. The summed E-state index contributed by atoms with van der Waals surface area (Å²) in [5, 5.41) is 3.05. The maximum Gasteiger partial charge on any atom is 0.196 e. The molecule has 3 aromatic carbocycles. The molecule has 4 rings (SSSR count). The van der Waals surface area contributed by atoms with Gasteiger partial charge in [0.25, 0.3) is 0 Å². The second-order valence-corrected chi connectivity index (χ2v) is 6.42. The SMILES string of the molecule is CNc1ccc(C(=O)c2cc3c(cc2OCc2ccccc2)OCCO3)cc1. The molecule has 1 aliphatic rings. The quantitative estimate of drug-likeness (QED) is 0.651. The Labute approximate surface area is 163 Å². The molecule has 1 heterocycles. The van der Waals surface area contributed by atoms with E-state index in [2.05, 4.69) is 5.32 Å². The fraction of sp³-hybridized carbons (Fsp3) is 0.174. The van der Waals surface area contributed by atoms with Crippen LogP contribution in [0.5, 0.6) is 17.2 Å². The molecule has 1 N–H and O–H groups in total. The van der Waals surface area contributed by atoms with Crippen LogP contribution in [-0.4, -0.2) is 26.0 Å². The Kier molecular flexibility index (Phi) is 5.15. The van der Waals surface area contributed by atoms with Crippen LogP contribution in [0.3, 0.4) is 0 Å². The summed E-state index contributed by atoms with van der Waals surface area (Å²) < 4.78 is 17.3.